The molecule has 3 aromatic rings. The highest BCUT2D eigenvalue weighted by molar-refractivity contribution is 7.55. The Kier molecular flexibility index (Phi) is 4.95. The monoisotopic (exact) mass is 386 g/mol. The molecule has 0 atom stereocenters. The van der Waals surface area contributed by atoms with Gasteiger partial charge in [-0.05, 0) is 36.4 Å². The molecule has 0 spiro atoms. The first-order valence-corrected chi connectivity index (χ1v) is 15.0. The van der Waals surface area contributed by atoms with Crippen molar-refractivity contribution in [1.29, 1.82) is 0 Å². The highest BCUT2D eigenvalue weighted by atomic mass is 29.3. The van der Waals surface area contributed by atoms with Crippen LogP contribution in [0.25, 0.3) is 0 Å². The predicted molar refractivity (Wildman–Crippen MR) is 107 cm³/mol. The second-order valence-corrected chi connectivity index (χ2v) is 22.0. The van der Waals surface area contributed by atoms with E-state index in [1.807, 2.05) is 36.4 Å². The Balaban J connectivity index is 2.40. The molecule has 0 fully saturated rings. The smallest absolute Gasteiger partial charge is 0.138 e. The van der Waals surface area contributed by atoms with Gasteiger partial charge in [-0.1, -0.05) is 71.6 Å². The second kappa shape index (κ2) is 6.89. The van der Waals surface area contributed by atoms with Crippen molar-refractivity contribution >= 4 is 30.7 Å². The van der Waals surface area contributed by atoms with Gasteiger partial charge >= 0.3 is 0 Å². The van der Waals surface area contributed by atoms with Crippen LogP contribution in [-0.4, -0.2) is 15.2 Å². The van der Waals surface area contributed by atoms with E-state index < -0.39 is 15.2 Å². The Hall–Kier alpha value is -2.12. The molecule has 0 saturated heterocycles. The molecule has 0 aliphatic carbocycles. The molecule has 0 amide bonds. The van der Waals surface area contributed by atoms with E-state index >= 15 is 0 Å². The summed E-state index contributed by atoms with van der Waals surface area (Å²) in [4.78, 5) is 0. The highest BCUT2D eigenvalue weighted by Gasteiger charge is 2.50. The summed E-state index contributed by atoms with van der Waals surface area (Å²) in [6, 6.07) is 19.9. The second-order valence-electron chi connectivity index (χ2n) is 7.52. The summed E-state index contributed by atoms with van der Waals surface area (Å²) in [5, 5.41) is 3.20. The molecule has 0 aliphatic rings. The average molecular weight is 387 g/mol. The third-order valence-electron chi connectivity index (χ3n) is 4.96. The first-order chi connectivity index (χ1) is 12.2. The van der Waals surface area contributed by atoms with E-state index in [4.69, 9.17) is 0 Å². The lowest BCUT2D eigenvalue weighted by Crippen LogP contribution is -2.79. The maximum absolute atomic E-state index is 13.6. The molecule has 0 heterocycles. The molecule has 0 aromatic heterocycles. The average Bonchev–Trinajstić information content (AvgIpc) is 2.59. The van der Waals surface area contributed by atoms with Gasteiger partial charge in [-0.2, -0.15) is 0 Å². The minimum absolute atomic E-state index is 0.287. The van der Waals surface area contributed by atoms with E-state index in [9.17, 15) is 13.2 Å². The minimum atomic E-state index is -2.56. The van der Waals surface area contributed by atoms with Crippen molar-refractivity contribution in [1.82, 2.24) is 0 Å². The van der Waals surface area contributed by atoms with E-state index in [-0.39, 0.29) is 17.5 Å². The van der Waals surface area contributed by atoms with Crippen LogP contribution >= 0.6 is 0 Å². The third-order valence-corrected chi connectivity index (χ3v) is 20.2. The Bertz CT molecular complexity index is 770. The normalized spacial score (nSPS) is 12.2. The quantitative estimate of drug-likeness (QED) is 0.470. The maximum atomic E-state index is 13.6. The summed E-state index contributed by atoms with van der Waals surface area (Å²) in [5.41, 5.74) is 0. The number of hydrogen-bond donors (Lipinski definition) is 0. The third kappa shape index (κ3) is 3.17. The van der Waals surface area contributed by atoms with Crippen molar-refractivity contribution in [2.75, 3.05) is 0 Å². The fourth-order valence-corrected chi connectivity index (χ4v) is 18.8. The molecule has 0 unspecified atom stereocenters. The molecule has 3 rings (SSSR count). The molecule has 0 saturated carbocycles. The molecule has 0 aliphatic heterocycles. The summed E-state index contributed by atoms with van der Waals surface area (Å²) in [6.07, 6.45) is 0. The van der Waals surface area contributed by atoms with Crippen LogP contribution in [0.5, 0.6) is 0 Å². The molecule has 0 bridgehead atoms. The summed E-state index contributed by atoms with van der Waals surface area (Å²) in [7, 11) is -4.50. The molecule has 134 valence electrons. The molecule has 0 nitrogen and oxygen atoms in total. The van der Waals surface area contributed by atoms with Gasteiger partial charge in [0.1, 0.15) is 25.0 Å². The Morgan fingerprint density at radius 3 is 0.885 bits per heavy atom. The molecule has 3 aromatic carbocycles. The van der Waals surface area contributed by atoms with Gasteiger partial charge in [-0.15, -0.1) is 0 Å². The SMILES string of the molecule is C[Si](C)(C)[Si](c1ccc(F)cc1)(c1ccc(F)cc1)c1ccc(F)cc1. The molecule has 5 heteroatoms. The topological polar surface area (TPSA) is 0 Å². The van der Waals surface area contributed by atoms with Gasteiger partial charge in [0.25, 0.3) is 0 Å². The first kappa shape index (κ1) is 18.7. The van der Waals surface area contributed by atoms with E-state index in [0.29, 0.717) is 0 Å². The lowest BCUT2D eigenvalue weighted by molar-refractivity contribution is 0.628. The van der Waals surface area contributed by atoms with Crippen molar-refractivity contribution < 1.29 is 13.2 Å². The molecular formula is C21H21F3Si2. The highest BCUT2D eigenvalue weighted by Crippen LogP contribution is 2.21. The molecular weight excluding hydrogens is 365 g/mol. The van der Waals surface area contributed by atoms with Crippen molar-refractivity contribution in [3.63, 3.8) is 0 Å². The Morgan fingerprint density at radius 1 is 0.462 bits per heavy atom. The van der Waals surface area contributed by atoms with Crippen LogP contribution in [0.1, 0.15) is 0 Å². The van der Waals surface area contributed by atoms with Gasteiger partial charge in [0.2, 0.25) is 0 Å². The van der Waals surface area contributed by atoms with E-state index in [2.05, 4.69) is 19.6 Å². The summed E-state index contributed by atoms with van der Waals surface area (Å²) in [6.45, 7) is 6.82. The van der Waals surface area contributed by atoms with Gasteiger partial charge in [-0.25, -0.2) is 13.2 Å². The lowest BCUT2D eigenvalue weighted by Gasteiger charge is -2.43. The minimum Gasteiger partial charge on any atom is -0.207 e. The van der Waals surface area contributed by atoms with Crippen molar-refractivity contribution in [3.8, 4) is 0 Å². The Morgan fingerprint density at radius 2 is 0.692 bits per heavy atom. The lowest BCUT2D eigenvalue weighted by atomic mass is 10.3. The summed E-state index contributed by atoms with van der Waals surface area (Å²) in [5.74, 6) is -0.860. The number of rotatable bonds is 4. The number of halogens is 3. The van der Waals surface area contributed by atoms with E-state index in [0.717, 1.165) is 15.6 Å². The van der Waals surface area contributed by atoms with Gasteiger partial charge in [0, 0.05) is 0 Å². The summed E-state index contributed by atoms with van der Waals surface area (Å²) < 4.78 is 40.8. The van der Waals surface area contributed by atoms with Crippen LogP contribution in [0.4, 0.5) is 13.2 Å². The van der Waals surface area contributed by atoms with Crippen molar-refractivity contribution in [2.24, 2.45) is 0 Å². The van der Waals surface area contributed by atoms with Crippen LogP contribution in [-0.2, 0) is 0 Å². The largest absolute Gasteiger partial charge is 0.207 e. The van der Waals surface area contributed by atoms with Gasteiger partial charge in [0.05, 0.1) is 7.59 Å². The fourth-order valence-electron chi connectivity index (χ4n) is 3.90. The van der Waals surface area contributed by atoms with Crippen molar-refractivity contribution in [3.05, 3.63) is 90.2 Å². The van der Waals surface area contributed by atoms with E-state index in [1.165, 1.54) is 36.4 Å². The zero-order valence-electron chi connectivity index (χ0n) is 15.1. The van der Waals surface area contributed by atoms with Crippen LogP contribution in [0.2, 0.25) is 19.6 Å². The van der Waals surface area contributed by atoms with Crippen LogP contribution in [0.15, 0.2) is 72.8 Å². The van der Waals surface area contributed by atoms with Gasteiger partial charge < -0.3 is 0 Å². The summed E-state index contributed by atoms with van der Waals surface area (Å²) >= 11 is 0. The standard InChI is InChI=1S/C21H21F3Si2/c1-25(2,3)26(19-10-4-16(22)5-11-19,20-12-6-17(23)7-13-20)21-14-8-18(24)9-15-21/h4-15H,1-3H3. The van der Waals surface area contributed by atoms with E-state index in [1.54, 1.807) is 0 Å². The zero-order valence-corrected chi connectivity index (χ0v) is 17.1. The van der Waals surface area contributed by atoms with Crippen LogP contribution in [0, 0.1) is 17.5 Å². The van der Waals surface area contributed by atoms with Crippen LogP contribution in [0.3, 0.4) is 0 Å². The van der Waals surface area contributed by atoms with Gasteiger partial charge in [-0.3, -0.25) is 0 Å². The molecule has 0 radical (unpaired) electrons. The van der Waals surface area contributed by atoms with Gasteiger partial charge in [0.15, 0.2) is 0 Å². The first-order valence-electron chi connectivity index (χ1n) is 8.53. The molecule has 26 heavy (non-hydrogen) atoms. The predicted octanol–water partition coefficient (Wildman–Crippen LogP) is 3.99. The fraction of sp³-hybridized carbons (Fsp3) is 0.143. The maximum Gasteiger partial charge on any atom is 0.138 e. The Labute approximate surface area is 154 Å². The van der Waals surface area contributed by atoms with Crippen molar-refractivity contribution in [2.45, 2.75) is 19.6 Å². The number of benzene rings is 3. The molecule has 0 N–H and O–H groups in total. The zero-order chi connectivity index (χ0) is 18.9. The van der Waals surface area contributed by atoms with Crippen LogP contribution < -0.4 is 15.6 Å². The number of hydrogen-bond acceptors (Lipinski definition) is 0.